The third-order valence-corrected chi connectivity index (χ3v) is 6.75. The number of hydrogen-bond donors (Lipinski definition) is 2. The van der Waals surface area contributed by atoms with E-state index in [0.29, 0.717) is 22.9 Å². The molecule has 0 spiro atoms. The van der Waals surface area contributed by atoms with Crippen molar-refractivity contribution in [3.63, 3.8) is 0 Å². The van der Waals surface area contributed by atoms with Crippen LogP contribution in [0, 0.1) is 12.8 Å². The Balaban J connectivity index is 1.95. The molecule has 3 rings (SSSR count). The summed E-state index contributed by atoms with van der Waals surface area (Å²) in [5.74, 6) is 0.844. The number of benzene rings is 2. The van der Waals surface area contributed by atoms with Crippen molar-refractivity contribution in [2.45, 2.75) is 23.6 Å². The van der Waals surface area contributed by atoms with Crippen molar-refractivity contribution in [1.82, 2.24) is 0 Å². The highest BCUT2D eigenvalue weighted by atomic mass is 32.2. The molecule has 2 N–H and O–H groups in total. The highest BCUT2D eigenvalue weighted by molar-refractivity contribution is 7.99. The fourth-order valence-electron chi connectivity index (χ4n) is 2.55. The Bertz CT molecular complexity index is 958. The summed E-state index contributed by atoms with van der Waals surface area (Å²) >= 11 is 1.53. The first-order valence-electron chi connectivity index (χ1n) is 8.05. The third-order valence-electron chi connectivity index (χ3n) is 4.05. The molecule has 6 nitrogen and oxygen atoms in total. The quantitative estimate of drug-likeness (QED) is 0.832. The summed E-state index contributed by atoms with van der Waals surface area (Å²) in [4.78, 5) is 13.0. The first kappa shape index (κ1) is 18.6. The molecule has 0 aromatic heterocycles. The highest BCUT2D eigenvalue weighted by Crippen LogP contribution is 2.35. The molecule has 2 aromatic carbocycles. The van der Waals surface area contributed by atoms with Crippen LogP contribution in [-0.2, 0) is 14.8 Å². The summed E-state index contributed by atoms with van der Waals surface area (Å²) in [5, 5.41) is 2.80. The van der Waals surface area contributed by atoms with Gasteiger partial charge in [0, 0.05) is 16.6 Å². The van der Waals surface area contributed by atoms with Crippen LogP contribution in [0.4, 0.5) is 11.4 Å². The van der Waals surface area contributed by atoms with E-state index in [1.165, 1.54) is 24.9 Å². The van der Waals surface area contributed by atoms with Crippen LogP contribution in [0.2, 0.25) is 0 Å². The molecule has 138 valence electrons. The first-order valence-corrected chi connectivity index (χ1v) is 10.5. The predicted octanol–water partition coefficient (Wildman–Crippen LogP) is 3.48. The van der Waals surface area contributed by atoms with Crippen molar-refractivity contribution >= 4 is 39.1 Å². The minimum Gasteiger partial charge on any atom is -0.495 e. The lowest BCUT2D eigenvalue weighted by atomic mass is 10.2. The predicted molar refractivity (Wildman–Crippen MR) is 103 cm³/mol. The van der Waals surface area contributed by atoms with Gasteiger partial charge in [-0.05, 0) is 42.8 Å². The molecule has 1 amide bonds. The number of nitrogens with one attached hydrogen (secondary N) is 2. The molecular formula is C18H20N2O4S2. The molecule has 1 aliphatic rings. The van der Waals surface area contributed by atoms with Crippen LogP contribution in [0.5, 0.6) is 5.75 Å². The number of carbonyl (C=O) groups excluding carboxylic acids is 1. The second-order valence-corrected chi connectivity index (χ2v) is 8.91. The zero-order valence-electron chi connectivity index (χ0n) is 14.7. The lowest BCUT2D eigenvalue weighted by Crippen LogP contribution is -2.20. The van der Waals surface area contributed by atoms with Crippen molar-refractivity contribution in [3.8, 4) is 5.75 Å². The summed E-state index contributed by atoms with van der Waals surface area (Å²) in [7, 11) is -2.34. The molecule has 0 saturated heterocycles. The smallest absolute Gasteiger partial charge is 0.262 e. The van der Waals surface area contributed by atoms with Gasteiger partial charge in [-0.15, -0.1) is 11.8 Å². The lowest BCUT2D eigenvalue weighted by Gasteiger charge is -2.14. The molecule has 1 atom stereocenters. The molecule has 1 aliphatic heterocycles. The monoisotopic (exact) mass is 392 g/mol. The number of thioether (sulfide) groups is 1. The van der Waals surface area contributed by atoms with Crippen molar-refractivity contribution in [1.29, 1.82) is 0 Å². The molecular weight excluding hydrogens is 372 g/mol. The van der Waals surface area contributed by atoms with Gasteiger partial charge in [-0.1, -0.05) is 13.0 Å². The molecule has 0 aliphatic carbocycles. The second-order valence-electron chi connectivity index (χ2n) is 6.17. The SMILES string of the molecule is COc1ccc(C)cc1NS(=O)(=O)c1ccc2c(c1)NC(=O)[C@H](C)CS2. The van der Waals surface area contributed by atoms with E-state index < -0.39 is 10.0 Å². The van der Waals surface area contributed by atoms with Gasteiger partial charge in [-0.25, -0.2) is 8.42 Å². The number of amides is 1. The summed E-state index contributed by atoms with van der Waals surface area (Å²) < 4.78 is 33.4. The number of sulfonamides is 1. The van der Waals surface area contributed by atoms with Gasteiger partial charge in [-0.2, -0.15) is 0 Å². The fourth-order valence-corrected chi connectivity index (χ4v) is 4.65. The average molecular weight is 393 g/mol. The molecule has 0 unspecified atom stereocenters. The van der Waals surface area contributed by atoms with Crippen molar-refractivity contribution < 1.29 is 17.9 Å². The maximum absolute atomic E-state index is 12.8. The molecule has 0 saturated carbocycles. The van der Waals surface area contributed by atoms with Crippen LogP contribution in [0.3, 0.4) is 0 Å². The number of methoxy groups -OCH3 is 1. The van der Waals surface area contributed by atoms with Gasteiger partial charge in [-0.3, -0.25) is 9.52 Å². The van der Waals surface area contributed by atoms with E-state index in [9.17, 15) is 13.2 Å². The Labute approximate surface area is 157 Å². The van der Waals surface area contributed by atoms with Gasteiger partial charge >= 0.3 is 0 Å². The zero-order valence-corrected chi connectivity index (χ0v) is 16.3. The van der Waals surface area contributed by atoms with E-state index in [2.05, 4.69) is 10.0 Å². The Hall–Kier alpha value is -2.19. The topological polar surface area (TPSA) is 84.5 Å². The maximum Gasteiger partial charge on any atom is 0.262 e. The van der Waals surface area contributed by atoms with E-state index >= 15 is 0 Å². The molecule has 2 aromatic rings. The number of aryl methyl sites for hydroxylation is 1. The van der Waals surface area contributed by atoms with Gasteiger partial charge < -0.3 is 10.1 Å². The summed E-state index contributed by atoms with van der Waals surface area (Å²) in [6.07, 6.45) is 0. The molecule has 1 heterocycles. The van der Waals surface area contributed by atoms with Gasteiger partial charge in [0.25, 0.3) is 10.0 Å². The Morgan fingerprint density at radius 1 is 1.23 bits per heavy atom. The van der Waals surface area contributed by atoms with Crippen molar-refractivity contribution in [2.24, 2.45) is 5.92 Å². The number of fused-ring (bicyclic) bond motifs is 1. The standard InChI is InChI=1S/C18H20N2O4S2/c1-11-4-6-16(24-3)14(8-11)20-26(22,23)13-5-7-17-15(9-13)19-18(21)12(2)10-25-17/h4-9,12,20H,10H2,1-3H3,(H,19,21)/t12-/m1/s1. The summed E-state index contributed by atoms with van der Waals surface area (Å²) in [5.41, 5.74) is 1.79. The van der Waals surface area contributed by atoms with E-state index in [1.54, 1.807) is 24.3 Å². The second kappa shape index (κ2) is 7.20. The zero-order chi connectivity index (χ0) is 18.9. The number of hydrogen-bond acceptors (Lipinski definition) is 5. The largest absolute Gasteiger partial charge is 0.495 e. The van der Waals surface area contributed by atoms with Crippen LogP contribution in [-0.4, -0.2) is 27.2 Å². The molecule has 26 heavy (non-hydrogen) atoms. The number of carbonyl (C=O) groups is 1. The van der Waals surface area contributed by atoms with Gasteiger partial charge in [0.2, 0.25) is 5.91 Å². The Morgan fingerprint density at radius 3 is 2.73 bits per heavy atom. The van der Waals surface area contributed by atoms with E-state index in [1.807, 2.05) is 19.9 Å². The minimum atomic E-state index is -3.83. The summed E-state index contributed by atoms with van der Waals surface area (Å²) in [6.45, 7) is 3.71. The molecule has 0 bridgehead atoms. The highest BCUT2D eigenvalue weighted by Gasteiger charge is 2.23. The van der Waals surface area contributed by atoms with Crippen LogP contribution in [0.15, 0.2) is 46.2 Å². The Morgan fingerprint density at radius 2 is 2.00 bits per heavy atom. The number of rotatable bonds is 4. The van der Waals surface area contributed by atoms with Crippen molar-refractivity contribution in [3.05, 3.63) is 42.0 Å². The van der Waals surface area contributed by atoms with Crippen LogP contribution >= 0.6 is 11.8 Å². The minimum absolute atomic E-state index is 0.0789. The van der Waals surface area contributed by atoms with E-state index in [4.69, 9.17) is 4.74 Å². The molecule has 8 heteroatoms. The van der Waals surface area contributed by atoms with Crippen molar-refractivity contribution in [2.75, 3.05) is 22.9 Å². The fraction of sp³-hybridized carbons (Fsp3) is 0.278. The van der Waals surface area contributed by atoms with Crippen LogP contribution in [0.25, 0.3) is 0 Å². The average Bonchev–Trinajstić information content (AvgIpc) is 2.73. The maximum atomic E-state index is 12.8. The molecule has 0 fully saturated rings. The lowest BCUT2D eigenvalue weighted by molar-refractivity contribution is -0.118. The van der Waals surface area contributed by atoms with Crippen LogP contribution < -0.4 is 14.8 Å². The van der Waals surface area contributed by atoms with E-state index in [0.717, 1.165) is 10.5 Å². The van der Waals surface area contributed by atoms with E-state index in [-0.39, 0.29) is 16.7 Å². The van der Waals surface area contributed by atoms with Gasteiger partial charge in [0.15, 0.2) is 0 Å². The van der Waals surface area contributed by atoms with Crippen LogP contribution in [0.1, 0.15) is 12.5 Å². The summed E-state index contributed by atoms with van der Waals surface area (Å²) in [6, 6.07) is 10.0. The Kier molecular flexibility index (Phi) is 5.15. The van der Waals surface area contributed by atoms with Gasteiger partial charge in [0.1, 0.15) is 5.75 Å². The number of ether oxygens (including phenoxy) is 1. The normalized spacial score (nSPS) is 17.0. The first-order chi connectivity index (χ1) is 12.3. The number of anilines is 2. The third kappa shape index (κ3) is 3.81. The molecule has 0 radical (unpaired) electrons. The van der Waals surface area contributed by atoms with Gasteiger partial charge in [0.05, 0.1) is 23.4 Å².